The van der Waals surface area contributed by atoms with E-state index in [0.717, 1.165) is 22.6 Å². The highest BCUT2D eigenvalue weighted by Crippen LogP contribution is 2.21. The van der Waals surface area contributed by atoms with Crippen LogP contribution in [0.4, 0.5) is 5.82 Å². The van der Waals surface area contributed by atoms with Crippen molar-refractivity contribution in [3.05, 3.63) is 60.3 Å². The highest BCUT2D eigenvalue weighted by atomic mass is 15.3. The van der Waals surface area contributed by atoms with Gasteiger partial charge in [-0.25, -0.2) is 4.98 Å². The van der Waals surface area contributed by atoms with E-state index in [-0.39, 0.29) is 0 Å². The van der Waals surface area contributed by atoms with E-state index in [1.54, 1.807) is 10.9 Å². The summed E-state index contributed by atoms with van der Waals surface area (Å²) in [6, 6.07) is 15.7. The molecule has 4 nitrogen and oxygen atoms in total. The summed E-state index contributed by atoms with van der Waals surface area (Å²) in [5, 5.41) is 4.51. The fourth-order valence-electron chi connectivity index (χ4n) is 1.91. The Balaban J connectivity index is 2.05. The quantitative estimate of drug-likeness (QED) is 0.760. The summed E-state index contributed by atoms with van der Waals surface area (Å²) in [6.07, 6.45) is 1.80. The summed E-state index contributed by atoms with van der Waals surface area (Å²) >= 11 is 0. The Bertz CT molecular complexity index is 684. The topological polar surface area (TPSA) is 56.7 Å². The van der Waals surface area contributed by atoms with Crippen LogP contribution in [-0.4, -0.2) is 14.8 Å². The SMILES string of the molecule is Cc1ccc(-n2nc(-c3ccccc3)cc2N)nc1. The smallest absolute Gasteiger partial charge is 0.155 e. The largest absolute Gasteiger partial charge is 0.384 e. The van der Waals surface area contributed by atoms with Crippen LogP contribution in [0.25, 0.3) is 17.1 Å². The maximum absolute atomic E-state index is 6.01. The first kappa shape index (κ1) is 11.5. The zero-order chi connectivity index (χ0) is 13.2. The first-order valence-corrected chi connectivity index (χ1v) is 6.08. The molecule has 3 aromatic rings. The van der Waals surface area contributed by atoms with Gasteiger partial charge in [0.1, 0.15) is 5.82 Å². The molecule has 4 heteroatoms. The number of hydrogen-bond acceptors (Lipinski definition) is 3. The van der Waals surface area contributed by atoms with Gasteiger partial charge in [0.2, 0.25) is 0 Å². The van der Waals surface area contributed by atoms with E-state index in [1.807, 2.05) is 55.5 Å². The second-order valence-electron chi connectivity index (χ2n) is 4.43. The van der Waals surface area contributed by atoms with Gasteiger partial charge >= 0.3 is 0 Å². The van der Waals surface area contributed by atoms with Crippen molar-refractivity contribution in [2.45, 2.75) is 6.92 Å². The zero-order valence-electron chi connectivity index (χ0n) is 10.6. The molecule has 0 bridgehead atoms. The second-order valence-corrected chi connectivity index (χ2v) is 4.43. The van der Waals surface area contributed by atoms with Crippen LogP contribution in [0.2, 0.25) is 0 Å². The van der Waals surface area contributed by atoms with Gasteiger partial charge in [-0.05, 0) is 18.6 Å². The third-order valence-corrected chi connectivity index (χ3v) is 2.92. The van der Waals surface area contributed by atoms with E-state index < -0.39 is 0 Å². The molecule has 0 atom stereocenters. The van der Waals surface area contributed by atoms with Crippen LogP contribution in [0.1, 0.15) is 5.56 Å². The number of nitrogen functional groups attached to an aromatic ring is 1. The van der Waals surface area contributed by atoms with Gasteiger partial charge < -0.3 is 5.73 Å². The predicted octanol–water partition coefficient (Wildman–Crippen LogP) is 2.82. The van der Waals surface area contributed by atoms with E-state index in [9.17, 15) is 0 Å². The molecule has 1 aromatic carbocycles. The van der Waals surface area contributed by atoms with Crippen LogP contribution in [0, 0.1) is 6.92 Å². The van der Waals surface area contributed by atoms with Crippen molar-refractivity contribution < 1.29 is 0 Å². The van der Waals surface area contributed by atoms with Gasteiger partial charge in [0.25, 0.3) is 0 Å². The summed E-state index contributed by atoms with van der Waals surface area (Å²) in [6.45, 7) is 2.00. The zero-order valence-corrected chi connectivity index (χ0v) is 10.6. The van der Waals surface area contributed by atoms with E-state index in [0.29, 0.717) is 5.82 Å². The highest BCUT2D eigenvalue weighted by molar-refractivity contribution is 5.63. The summed E-state index contributed by atoms with van der Waals surface area (Å²) in [4.78, 5) is 4.34. The molecule has 0 spiro atoms. The Labute approximate surface area is 111 Å². The lowest BCUT2D eigenvalue weighted by atomic mass is 10.2. The Morgan fingerprint density at radius 1 is 1.05 bits per heavy atom. The average molecular weight is 250 g/mol. The summed E-state index contributed by atoms with van der Waals surface area (Å²) < 4.78 is 1.65. The van der Waals surface area contributed by atoms with Crippen molar-refractivity contribution in [2.75, 3.05) is 5.73 Å². The predicted molar refractivity (Wildman–Crippen MR) is 75.9 cm³/mol. The number of benzene rings is 1. The Morgan fingerprint density at radius 2 is 1.84 bits per heavy atom. The monoisotopic (exact) mass is 250 g/mol. The fraction of sp³-hybridized carbons (Fsp3) is 0.0667. The fourth-order valence-corrected chi connectivity index (χ4v) is 1.91. The molecule has 0 amide bonds. The molecule has 0 saturated carbocycles. The Kier molecular flexibility index (Phi) is 2.76. The van der Waals surface area contributed by atoms with Crippen molar-refractivity contribution in [1.29, 1.82) is 0 Å². The van der Waals surface area contributed by atoms with E-state index in [4.69, 9.17) is 5.73 Å². The normalized spacial score (nSPS) is 10.6. The molecular formula is C15H14N4. The lowest BCUT2D eigenvalue weighted by Gasteiger charge is -2.02. The van der Waals surface area contributed by atoms with E-state index >= 15 is 0 Å². The van der Waals surface area contributed by atoms with Crippen molar-refractivity contribution in [2.24, 2.45) is 0 Å². The lowest BCUT2D eigenvalue weighted by Crippen LogP contribution is -2.03. The standard InChI is InChI=1S/C15H14N4/c1-11-7-8-15(17-10-11)19-14(16)9-13(18-19)12-5-3-2-4-6-12/h2-10H,16H2,1H3. The third kappa shape index (κ3) is 2.20. The molecule has 94 valence electrons. The number of nitrogens with zero attached hydrogens (tertiary/aromatic N) is 3. The number of nitrogens with two attached hydrogens (primary N) is 1. The van der Waals surface area contributed by atoms with Gasteiger partial charge in [-0.1, -0.05) is 36.4 Å². The van der Waals surface area contributed by atoms with Crippen LogP contribution in [-0.2, 0) is 0 Å². The number of rotatable bonds is 2. The molecule has 2 N–H and O–H groups in total. The van der Waals surface area contributed by atoms with Crippen LogP contribution >= 0.6 is 0 Å². The third-order valence-electron chi connectivity index (χ3n) is 2.92. The van der Waals surface area contributed by atoms with Crippen LogP contribution in [0.15, 0.2) is 54.7 Å². The first-order chi connectivity index (χ1) is 9.24. The lowest BCUT2D eigenvalue weighted by molar-refractivity contribution is 0.859. The maximum Gasteiger partial charge on any atom is 0.155 e. The average Bonchev–Trinajstić information content (AvgIpc) is 2.83. The van der Waals surface area contributed by atoms with Crippen molar-refractivity contribution in [3.8, 4) is 17.1 Å². The van der Waals surface area contributed by atoms with Crippen LogP contribution in [0.5, 0.6) is 0 Å². The van der Waals surface area contributed by atoms with Gasteiger partial charge in [-0.3, -0.25) is 0 Å². The molecule has 0 aliphatic rings. The molecule has 0 fully saturated rings. The Morgan fingerprint density at radius 3 is 2.53 bits per heavy atom. The second kappa shape index (κ2) is 4.57. The number of pyridine rings is 1. The van der Waals surface area contributed by atoms with Crippen molar-refractivity contribution in [1.82, 2.24) is 14.8 Å². The highest BCUT2D eigenvalue weighted by Gasteiger charge is 2.09. The number of hydrogen-bond donors (Lipinski definition) is 1. The summed E-state index contributed by atoms with van der Waals surface area (Å²) in [7, 11) is 0. The molecule has 3 rings (SSSR count). The molecule has 2 heterocycles. The maximum atomic E-state index is 6.01. The van der Waals surface area contributed by atoms with Gasteiger partial charge in [0.05, 0.1) is 5.69 Å². The molecule has 2 aromatic heterocycles. The summed E-state index contributed by atoms with van der Waals surface area (Å²) in [5.74, 6) is 1.31. The summed E-state index contributed by atoms with van der Waals surface area (Å²) in [5.41, 5.74) is 9.01. The van der Waals surface area contributed by atoms with Crippen LogP contribution in [0.3, 0.4) is 0 Å². The minimum atomic E-state index is 0.579. The Hall–Kier alpha value is -2.62. The van der Waals surface area contributed by atoms with Crippen molar-refractivity contribution in [3.63, 3.8) is 0 Å². The molecule has 0 aliphatic carbocycles. The van der Waals surface area contributed by atoms with Gasteiger partial charge in [0.15, 0.2) is 5.82 Å². The molecular weight excluding hydrogens is 236 g/mol. The number of anilines is 1. The number of aryl methyl sites for hydroxylation is 1. The van der Waals surface area contributed by atoms with E-state index in [1.165, 1.54) is 0 Å². The molecule has 0 unspecified atom stereocenters. The number of aromatic nitrogens is 3. The van der Waals surface area contributed by atoms with Crippen molar-refractivity contribution >= 4 is 5.82 Å². The molecule has 0 aliphatic heterocycles. The van der Waals surface area contributed by atoms with Gasteiger partial charge in [0, 0.05) is 17.8 Å². The first-order valence-electron chi connectivity index (χ1n) is 6.08. The molecule has 19 heavy (non-hydrogen) atoms. The molecule has 0 radical (unpaired) electrons. The molecule has 0 saturated heterocycles. The van der Waals surface area contributed by atoms with Crippen LogP contribution < -0.4 is 5.73 Å². The van der Waals surface area contributed by atoms with Gasteiger partial charge in [-0.2, -0.15) is 9.78 Å². The van der Waals surface area contributed by atoms with Gasteiger partial charge in [-0.15, -0.1) is 0 Å². The minimum Gasteiger partial charge on any atom is -0.384 e. The van der Waals surface area contributed by atoms with E-state index in [2.05, 4.69) is 10.1 Å². The minimum absolute atomic E-state index is 0.579.